The minimum Gasteiger partial charge on any atom is -0.508 e. The average molecular weight is 458 g/mol. The van der Waals surface area contributed by atoms with Crippen LogP contribution < -0.4 is 14.8 Å². The molecule has 0 aliphatic heterocycles. The van der Waals surface area contributed by atoms with E-state index in [-0.39, 0.29) is 28.3 Å². The van der Waals surface area contributed by atoms with Crippen molar-refractivity contribution in [3.63, 3.8) is 0 Å². The third-order valence-electron chi connectivity index (χ3n) is 4.79. The molecule has 0 bridgehead atoms. The lowest BCUT2D eigenvalue weighted by Crippen LogP contribution is -2.15. The highest BCUT2D eigenvalue weighted by molar-refractivity contribution is 6.08. The minimum atomic E-state index is -4.77. The number of methoxy groups -OCH3 is 2. The normalized spacial score (nSPS) is 11.4. The Morgan fingerprint density at radius 3 is 2.48 bits per heavy atom. The lowest BCUT2D eigenvalue weighted by Gasteiger charge is -2.13. The molecule has 11 heteroatoms. The first kappa shape index (κ1) is 21.9. The number of carbonyl (C=O) groups is 1. The highest BCUT2D eigenvalue weighted by atomic mass is 19.4. The highest BCUT2D eigenvalue weighted by Gasteiger charge is 2.36. The number of halogens is 3. The van der Waals surface area contributed by atoms with Crippen molar-refractivity contribution in [2.75, 3.05) is 19.5 Å². The standard InChI is InChI=1S/C22H17F3N4O4/c1-32-17-7-6-12(8-18(17)33-2)16-10-19(22(23,24)25)29-20(28-16)15(11-26-29)21(31)27-13-4-3-5-14(30)9-13/h3-11,30H,1-2H3,(H,27,31). The predicted molar refractivity (Wildman–Crippen MR) is 113 cm³/mol. The Labute approximate surface area is 185 Å². The van der Waals surface area contributed by atoms with Crippen LogP contribution in [0.4, 0.5) is 18.9 Å². The van der Waals surface area contributed by atoms with Gasteiger partial charge in [0.1, 0.15) is 11.3 Å². The lowest BCUT2D eigenvalue weighted by molar-refractivity contribution is -0.142. The highest BCUT2D eigenvalue weighted by Crippen LogP contribution is 2.36. The van der Waals surface area contributed by atoms with Gasteiger partial charge in [-0.3, -0.25) is 4.79 Å². The summed E-state index contributed by atoms with van der Waals surface area (Å²) in [6.45, 7) is 0. The van der Waals surface area contributed by atoms with E-state index in [4.69, 9.17) is 9.47 Å². The van der Waals surface area contributed by atoms with Crippen molar-refractivity contribution in [3.8, 4) is 28.5 Å². The number of aromatic nitrogens is 3. The molecule has 2 heterocycles. The summed E-state index contributed by atoms with van der Waals surface area (Å²) >= 11 is 0. The van der Waals surface area contributed by atoms with E-state index in [0.29, 0.717) is 21.6 Å². The SMILES string of the molecule is COc1ccc(-c2cc(C(F)(F)F)n3ncc(C(=O)Nc4cccc(O)c4)c3n2)cc1OC. The molecule has 4 aromatic rings. The van der Waals surface area contributed by atoms with Gasteiger partial charge >= 0.3 is 6.18 Å². The number of ether oxygens (including phenoxy) is 2. The molecule has 170 valence electrons. The number of phenolic OH excluding ortho intramolecular Hbond substituents is 1. The first-order valence-corrected chi connectivity index (χ1v) is 9.50. The Bertz CT molecular complexity index is 1350. The van der Waals surface area contributed by atoms with E-state index in [0.717, 1.165) is 12.3 Å². The van der Waals surface area contributed by atoms with Gasteiger partial charge in [-0.2, -0.15) is 18.3 Å². The summed E-state index contributed by atoms with van der Waals surface area (Å²) in [5.74, 6) is -0.115. The zero-order valence-corrected chi connectivity index (χ0v) is 17.3. The number of amides is 1. The number of hydrogen-bond acceptors (Lipinski definition) is 6. The molecule has 0 unspecified atom stereocenters. The molecule has 0 saturated carbocycles. The van der Waals surface area contributed by atoms with Crippen LogP contribution in [0.1, 0.15) is 16.1 Å². The molecular weight excluding hydrogens is 441 g/mol. The second-order valence-electron chi connectivity index (χ2n) is 6.89. The molecule has 0 aliphatic carbocycles. The number of carbonyl (C=O) groups excluding carboxylic acids is 1. The molecule has 0 aliphatic rings. The van der Waals surface area contributed by atoms with Crippen molar-refractivity contribution in [1.82, 2.24) is 14.6 Å². The first-order chi connectivity index (χ1) is 15.7. The number of hydrogen-bond donors (Lipinski definition) is 2. The van der Waals surface area contributed by atoms with Crippen LogP contribution in [0.2, 0.25) is 0 Å². The van der Waals surface area contributed by atoms with Crippen molar-refractivity contribution < 1.29 is 32.5 Å². The maximum absolute atomic E-state index is 13.8. The maximum Gasteiger partial charge on any atom is 0.433 e. The third kappa shape index (κ3) is 4.25. The monoisotopic (exact) mass is 458 g/mol. The summed E-state index contributed by atoms with van der Waals surface area (Å²) < 4.78 is 52.4. The number of nitrogens with one attached hydrogen (secondary N) is 1. The van der Waals surface area contributed by atoms with Crippen LogP contribution in [0.5, 0.6) is 17.2 Å². The Morgan fingerprint density at radius 1 is 1.06 bits per heavy atom. The van der Waals surface area contributed by atoms with Crippen molar-refractivity contribution >= 4 is 17.2 Å². The van der Waals surface area contributed by atoms with Crippen LogP contribution in [0.25, 0.3) is 16.9 Å². The van der Waals surface area contributed by atoms with Gasteiger partial charge in [-0.1, -0.05) is 6.07 Å². The smallest absolute Gasteiger partial charge is 0.433 e. The van der Waals surface area contributed by atoms with Crippen LogP contribution >= 0.6 is 0 Å². The number of anilines is 1. The zero-order chi connectivity index (χ0) is 23.8. The average Bonchev–Trinajstić information content (AvgIpc) is 3.21. The van der Waals surface area contributed by atoms with Crippen molar-refractivity contribution in [2.24, 2.45) is 0 Å². The third-order valence-corrected chi connectivity index (χ3v) is 4.79. The van der Waals surface area contributed by atoms with Crippen molar-refractivity contribution in [3.05, 3.63) is 66.0 Å². The summed E-state index contributed by atoms with van der Waals surface area (Å²) in [5, 5.41) is 15.8. The van der Waals surface area contributed by atoms with Crippen LogP contribution in [0.15, 0.2) is 54.7 Å². The number of alkyl halides is 3. The summed E-state index contributed by atoms with van der Waals surface area (Å²) in [5.41, 5.74) is -1.03. The van der Waals surface area contributed by atoms with Gasteiger partial charge in [0.15, 0.2) is 22.8 Å². The molecule has 8 nitrogen and oxygen atoms in total. The fraction of sp³-hybridized carbons (Fsp3) is 0.136. The molecule has 0 saturated heterocycles. The van der Waals surface area contributed by atoms with Gasteiger partial charge in [-0.15, -0.1) is 0 Å². The van der Waals surface area contributed by atoms with Gasteiger partial charge in [0, 0.05) is 17.3 Å². The topological polar surface area (TPSA) is 98.0 Å². The second-order valence-corrected chi connectivity index (χ2v) is 6.89. The van der Waals surface area contributed by atoms with E-state index in [1.165, 1.54) is 50.6 Å². The minimum absolute atomic E-state index is 0.0392. The molecule has 2 N–H and O–H groups in total. The van der Waals surface area contributed by atoms with Gasteiger partial charge in [0.05, 0.1) is 26.1 Å². The van der Waals surface area contributed by atoms with Crippen LogP contribution in [-0.4, -0.2) is 39.8 Å². The van der Waals surface area contributed by atoms with Gasteiger partial charge < -0.3 is 19.9 Å². The molecular formula is C22H17F3N4O4. The van der Waals surface area contributed by atoms with E-state index in [1.807, 2.05) is 0 Å². The van der Waals surface area contributed by atoms with Gasteiger partial charge in [0.25, 0.3) is 5.91 Å². The number of fused-ring (bicyclic) bond motifs is 1. The van der Waals surface area contributed by atoms with E-state index < -0.39 is 17.8 Å². The maximum atomic E-state index is 13.8. The molecule has 1 amide bonds. The van der Waals surface area contributed by atoms with Crippen LogP contribution in [0.3, 0.4) is 0 Å². The lowest BCUT2D eigenvalue weighted by atomic mass is 10.1. The summed E-state index contributed by atoms with van der Waals surface area (Å²) in [4.78, 5) is 17.1. The fourth-order valence-corrected chi connectivity index (χ4v) is 3.25. The van der Waals surface area contributed by atoms with E-state index in [1.54, 1.807) is 6.07 Å². The molecule has 33 heavy (non-hydrogen) atoms. The molecule has 2 aromatic carbocycles. The van der Waals surface area contributed by atoms with Crippen molar-refractivity contribution in [1.29, 1.82) is 0 Å². The largest absolute Gasteiger partial charge is 0.508 e. The quantitative estimate of drug-likeness (QED) is 0.460. The second kappa shape index (κ2) is 8.34. The van der Waals surface area contributed by atoms with E-state index >= 15 is 0 Å². The number of rotatable bonds is 5. The van der Waals surface area contributed by atoms with E-state index in [2.05, 4.69) is 15.4 Å². The van der Waals surface area contributed by atoms with E-state index in [9.17, 15) is 23.1 Å². The Morgan fingerprint density at radius 2 is 1.82 bits per heavy atom. The molecule has 2 aromatic heterocycles. The Hall–Kier alpha value is -4.28. The molecule has 0 fully saturated rings. The van der Waals surface area contributed by atoms with Gasteiger partial charge in [-0.25, -0.2) is 9.50 Å². The Kier molecular flexibility index (Phi) is 5.54. The Balaban J connectivity index is 1.85. The molecule has 0 atom stereocenters. The number of benzene rings is 2. The van der Waals surface area contributed by atoms with Crippen LogP contribution in [-0.2, 0) is 6.18 Å². The summed E-state index contributed by atoms with van der Waals surface area (Å²) in [6.07, 6.45) is -3.76. The number of phenols is 1. The number of nitrogens with zero attached hydrogens (tertiary/aromatic N) is 3. The number of aromatic hydroxyl groups is 1. The summed E-state index contributed by atoms with van der Waals surface area (Å²) in [6, 6.07) is 11.1. The molecule has 0 radical (unpaired) electrons. The fourth-order valence-electron chi connectivity index (χ4n) is 3.25. The first-order valence-electron chi connectivity index (χ1n) is 9.50. The zero-order valence-electron chi connectivity index (χ0n) is 17.3. The van der Waals surface area contributed by atoms with Gasteiger partial charge in [-0.05, 0) is 36.4 Å². The van der Waals surface area contributed by atoms with Gasteiger partial charge in [0.2, 0.25) is 0 Å². The van der Waals surface area contributed by atoms with Crippen LogP contribution in [0, 0.1) is 0 Å². The molecule has 4 rings (SSSR count). The summed E-state index contributed by atoms with van der Waals surface area (Å²) in [7, 11) is 2.84. The van der Waals surface area contributed by atoms with Crippen molar-refractivity contribution in [2.45, 2.75) is 6.18 Å². The molecule has 0 spiro atoms. The predicted octanol–water partition coefficient (Wildman–Crippen LogP) is 4.39.